The van der Waals surface area contributed by atoms with Gasteiger partial charge in [-0.05, 0) is 30.5 Å². The van der Waals surface area contributed by atoms with Crippen molar-refractivity contribution < 1.29 is 4.79 Å². The van der Waals surface area contributed by atoms with E-state index in [0.29, 0.717) is 6.54 Å². The highest BCUT2D eigenvalue weighted by Gasteiger charge is 2.39. The number of amides is 1. The van der Waals surface area contributed by atoms with Gasteiger partial charge in [0.2, 0.25) is 5.91 Å². The minimum absolute atomic E-state index is 0.0737. The summed E-state index contributed by atoms with van der Waals surface area (Å²) in [7, 11) is 1.81. The van der Waals surface area contributed by atoms with E-state index in [0.717, 1.165) is 63.4 Å². The molecule has 1 aromatic carbocycles. The number of nitriles is 1. The second kappa shape index (κ2) is 9.05. The Kier molecular flexibility index (Phi) is 6.75. The van der Waals surface area contributed by atoms with Crippen molar-refractivity contribution in [1.29, 1.82) is 5.26 Å². The normalized spacial score (nSPS) is 20.8. The van der Waals surface area contributed by atoms with Crippen molar-refractivity contribution in [3.63, 3.8) is 0 Å². The van der Waals surface area contributed by atoms with Crippen LogP contribution in [0.3, 0.4) is 0 Å². The molecule has 1 heterocycles. The molecule has 1 saturated heterocycles. The van der Waals surface area contributed by atoms with E-state index in [9.17, 15) is 10.1 Å². The van der Waals surface area contributed by atoms with E-state index >= 15 is 0 Å². The van der Waals surface area contributed by atoms with Gasteiger partial charge in [-0.25, -0.2) is 0 Å². The number of hydrogen-bond acceptors (Lipinski definition) is 4. The lowest BCUT2D eigenvalue weighted by atomic mass is 9.81. The zero-order valence-electron chi connectivity index (χ0n) is 16.2. The minimum atomic E-state index is -0.592. The molecular formula is C21H29ClN4O. The molecule has 146 valence electrons. The van der Waals surface area contributed by atoms with Crippen LogP contribution >= 0.6 is 11.6 Å². The molecule has 0 atom stereocenters. The molecule has 0 unspecified atom stereocenters. The highest BCUT2D eigenvalue weighted by atomic mass is 35.5. The molecule has 1 saturated carbocycles. The molecule has 0 aromatic heterocycles. The zero-order chi connectivity index (χ0) is 19.3. The third-order valence-electron chi connectivity index (χ3n) is 6.05. The first-order valence-electron chi connectivity index (χ1n) is 9.89. The maximum absolute atomic E-state index is 12.8. The summed E-state index contributed by atoms with van der Waals surface area (Å²) in [6.45, 7) is 4.98. The van der Waals surface area contributed by atoms with Crippen molar-refractivity contribution in [3.05, 3.63) is 34.9 Å². The topological polar surface area (TPSA) is 50.6 Å². The van der Waals surface area contributed by atoms with E-state index in [-0.39, 0.29) is 5.91 Å². The van der Waals surface area contributed by atoms with E-state index in [4.69, 9.17) is 11.6 Å². The zero-order valence-corrected chi connectivity index (χ0v) is 16.9. The quantitative estimate of drug-likeness (QED) is 0.777. The van der Waals surface area contributed by atoms with E-state index in [2.05, 4.69) is 28.0 Å². The molecule has 0 spiro atoms. The largest absolute Gasteiger partial charge is 0.326 e. The summed E-state index contributed by atoms with van der Waals surface area (Å²) in [4.78, 5) is 19.1. The number of halogens is 1. The van der Waals surface area contributed by atoms with E-state index in [1.807, 2.05) is 19.2 Å². The van der Waals surface area contributed by atoms with Crippen LogP contribution in [-0.4, -0.2) is 65.9 Å². The molecule has 1 aliphatic heterocycles. The predicted octanol–water partition coefficient (Wildman–Crippen LogP) is 3.14. The number of piperazine rings is 1. The summed E-state index contributed by atoms with van der Waals surface area (Å²) in [6, 6.07) is 10.4. The summed E-state index contributed by atoms with van der Waals surface area (Å²) in [5.74, 6) is 0.0737. The third-order valence-corrected chi connectivity index (χ3v) is 6.30. The van der Waals surface area contributed by atoms with Crippen LogP contribution in [0.4, 0.5) is 0 Å². The fourth-order valence-corrected chi connectivity index (χ4v) is 4.27. The van der Waals surface area contributed by atoms with Gasteiger partial charge in [0.1, 0.15) is 5.54 Å². The summed E-state index contributed by atoms with van der Waals surface area (Å²) in [6.07, 6.45) is 4.85. The number of carbonyl (C=O) groups excluding carboxylic acids is 1. The first-order chi connectivity index (χ1) is 13.0. The summed E-state index contributed by atoms with van der Waals surface area (Å²) in [5.41, 5.74) is 0.670. The molecule has 2 aliphatic rings. The Hall–Kier alpha value is -1.61. The molecule has 3 rings (SSSR count). The molecule has 1 aromatic rings. The van der Waals surface area contributed by atoms with Crippen molar-refractivity contribution in [3.8, 4) is 6.07 Å². The standard InChI is InChI=1S/C21H29ClN4O/c1-24(21(17-23)9-3-2-4-10-21)20(27)16-26-13-11-25(12-14-26)15-18-5-7-19(22)8-6-18/h5-8H,2-4,9-16H2,1H3. The van der Waals surface area contributed by atoms with Crippen LogP contribution in [0.5, 0.6) is 0 Å². The Balaban J connectivity index is 1.47. The van der Waals surface area contributed by atoms with Gasteiger partial charge < -0.3 is 4.90 Å². The van der Waals surface area contributed by atoms with Gasteiger partial charge in [-0.2, -0.15) is 5.26 Å². The van der Waals surface area contributed by atoms with E-state index < -0.39 is 5.54 Å². The van der Waals surface area contributed by atoms with Gasteiger partial charge in [0.05, 0.1) is 12.6 Å². The maximum atomic E-state index is 12.8. The molecule has 0 bridgehead atoms. The molecule has 0 N–H and O–H groups in total. The lowest BCUT2D eigenvalue weighted by molar-refractivity contribution is -0.136. The highest BCUT2D eigenvalue weighted by Crippen LogP contribution is 2.32. The monoisotopic (exact) mass is 388 g/mol. The third kappa shape index (κ3) is 5.01. The summed E-state index contributed by atoms with van der Waals surface area (Å²) >= 11 is 5.95. The average Bonchev–Trinajstić information content (AvgIpc) is 2.71. The van der Waals surface area contributed by atoms with Crippen molar-refractivity contribution in [1.82, 2.24) is 14.7 Å². The Morgan fingerprint density at radius 3 is 2.30 bits per heavy atom. The fourth-order valence-electron chi connectivity index (χ4n) is 4.15. The Labute approximate surface area is 167 Å². The Bertz CT molecular complexity index is 670. The van der Waals surface area contributed by atoms with Crippen LogP contribution in [0.2, 0.25) is 5.02 Å². The van der Waals surface area contributed by atoms with E-state index in [1.54, 1.807) is 4.90 Å². The van der Waals surface area contributed by atoms with Gasteiger partial charge in [0, 0.05) is 44.8 Å². The molecule has 6 heteroatoms. The van der Waals surface area contributed by atoms with Crippen LogP contribution in [-0.2, 0) is 11.3 Å². The van der Waals surface area contributed by atoms with Gasteiger partial charge in [-0.1, -0.05) is 43.0 Å². The smallest absolute Gasteiger partial charge is 0.237 e. The van der Waals surface area contributed by atoms with Crippen LogP contribution in [0, 0.1) is 11.3 Å². The second-order valence-corrected chi connectivity index (χ2v) is 8.27. The molecule has 27 heavy (non-hydrogen) atoms. The number of rotatable bonds is 5. The molecular weight excluding hydrogens is 360 g/mol. The number of benzene rings is 1. The van der Waals surface area contributed by atoms with Gasteiger partial charge in [0.15, 0.2) is 0 Å². The SMILES string of the molecule is CN(C(=O)CN1CCN(Cc2ccc(Cl)cc2)CC1)C1(C#N)CCCCC1. The minimum Gasteiger partial charge on any atom is -0.326 e. The molecule has 5 nitrogen and oxygen atoms in total. The lowest BCUT2D eigenvalue weighted by Gasteiger charge is -2.41. The van der Waals surface area contributed by atoms with Crippen LogP contribution < -0.4 is 0 Å². The van der Waals surface area contributed by atoms with Crippen molar-refractivity contribution >= 4 is 17.5 Å². The Morgan fingerprint density at radius 1 is 1.11 bits per heavy atom. The number of likely N-dealkylation sites (N-methyl/N-ethyl adjacent to an activating group) is 1. The van der Waals surface area contributed by atoms with E-state index in [1.165, 1.54) is 12.0 Å². The van der Waals surface area contributed by atoms with Gasteiger partial charge >= 0.3 is 0 Å². The van der Waals surface area contributed by atoms with Crippen molar-refractivity contribution in [2.24, 2.45) is 0 Å². The fraction of sp³-hybridized carbons (Fsp3) is 0.619. The van der Waals surface area contributed by atoms with Crippen molar-refractivity contribution in [2.75, 3.05) is 39.8 Å². The first kappa shape index (κ1) is 20.1. The maximum Gasteiger partial charge on any atom is 0.237 e. The van der Waals surface area contributed by atoms with Crippen LogP contribution in [0.15, 0.2) is 24.3 Å². The second-order valence-electron chi connectivity index (χ2n) is 7.84. The van der Waals surface area contributed by atoms with Crippen LogP contribution in [0.25, 0.3) is 0 Å². The summed E-state index contributed by atoms with van der Waals surface area (Å²) in [5, 5.41) is 10.4. The number of nitrogens with zero attached hydrogens (tertiary/aromatic N) is 4. The number of hydrogen-bond donors (Lipinski definition) is 0. The molecule has 1 amide bonds. The number of carbonyl (C=O) groups is 1. The summed E-state index contributed by atoms with van der Waals surface area (Å²) < 4.78 is 0. The molecule has 1 aliphatic carbocycles. The predicted molar refractivity (Wildman–Crippen MR) is 107 cm³/mol. The van der Waals surface area contributed by atoms with Gasteiger partial charge in [0.25, 0.3) is 0 Å². The van der Waals surface area contributed by atoms with Gasteiger partial charge in [-0.3, -0.25) is 14.6 Å². The molecule has 0 radical (unpaired) electrons. The van der Waals surface area contributed by atoms with Crippen molar-refractivity contribution in [2.45, 2.75) is 44.2 Å². The van der Waals surface area contributed by atoms with Gasteiger partial charge in [-0.15, -0.1) is 0 Å². The van der Waals surface area contributed by atoms with Crippen LogP contribution in [0.1, 0.15) is 37.7 Å². The molecule has 2 fully saturated rings. The highest BCUT2D eigenvalue weighted by molar-refractivity contribution is 6.30. The Morgan fingerprint density at radius 2 is 1.70 bits per heavy atom. The average molecular weight is 389 g/mol. The first-order valence-corrected chi connectivity index (χ1v) is 10.3. The lowest BCUT2D eigenvalue weighted by Crippen LogP contribution is -2.54.